The van der Waals surface area contributed by atoms with E-state index in [0.29, 0.717) is 5.69 Å². The fourth-order valence-electron chi connectivity index (χ4n) is 1.38. The Morgan fingerprint density at radius 3 is 2.83 bits per heavy atom. The van der Waals surface area contributed by atoms with Gasteiger partial charge in [-0.25, -0.2) is 9.97 Å². The predicted octanol–water partition coefficient (Wildman–Crippen LogP) is 1.16. The Morgan fingerprint density at radius 2 is 2.08 bits per heavy atom. The number of hydrogen-bond donors (Lipinski definition) is 2. The van der Waals surface area contributed by atoms with E-state index in [4.69, 9.17) is 5.73 Å². The highest BCUT2D eigenvalue weighted by atomic mass is 15.0. The molecule has 4 heteroatoms. The molecule has 0 saturated carbocycles. The largest absolute Gasteiger partial charge is 0.397 e. The average molecular weight is 162 g/mol. The molecule has 2 aromatic heterocycles. The van der Waals surface area contributed by atoms with Gasteiger partial charge in [-0.3, -0.25) is 0 Å². The predicted molar refractivity (Wildman–Crippen MR) is 47.8 cm³/mol. The van der Waals surface area contributed by atoms with Crippen LogP contribution in [0.5, 0.6) is 0 Å². The molecule has 12 heavy (non-hydrogen) atoms. The van der Waals surface area contributed by atoms with E-state index in [1.54, 1.807) is 6.20 Å². The second kappa shape index (κ2) is 2.20. The van der Waals surface area contributed by atoms with Crippen LogP contribution >= 0.6 is 0 Å². The minimum absolute atomic E-state index is 0.711. The number of nitrogens with zero attached hydrogens (tertiary/aromatic N) is 2. The summed E-state index contributed by atoms with van der Waals surface area (Å²) in [4.78, 5) is 11.4. The normalized spacial score (nSPS) is 10.8. The lowest BCUT2D eigenvalue weighted by Gasteiger charge is -1.97. The highest BCUT2D eigenvalue weighted by Gasteiger charge is 2.05. The van der Waals surface area contributed by atoms with E-state index in [-0.39, 0.29) is 0 Å². The average Bonchev–Trinajstić information content (AvgIpc) is 2.31. The van der Waals surface area contributed by atoms with Crippen LogP contribution in [0.3, 0.4) is 0 Å². The van der Waals surface area contributed by atoms with Crippen molar-refractivity contribution < 1.29 is 0 Å². The molecule has 4 nitrogen and oxygen atoms in total. The van der Waals surface area contributed by atoms with Crippen molar-refractivity contribution >= 4 is 16.7 Å². The zero-order valence-electron chi connectivity index (χ0n) is 7.05. The van der Waals surface area contributed by atoms with Crippen LogP contribution in [0.1, 0.15) is 11.5 Å². The van der Waals surface area contributed by atoms with Gasteiger partial charge in [0.05, 0.1) is 16.8 Å². The number of aryl methyl sites for hydroxylation is 2. The second-order valence-electron chi connectivity index (χ2n) is 2.82. The summed E-state index contributed by atoms with van der Waals surface area (Å²) in [7, 11) is 0. The molecule has 0 aliphatic rings. The Labute approximate surface area is 69.8 Å². The first kappa shape index (κ1) is 7.09. The number of nitrogens with one attached hydrogen (secondary N) is 1. The number of nitrogens with two attached hydrogens (primary N) is 1. The van der Waals surface area contributed by atoms with Crippen molar-refractivity contribution in [3.63, 3.8) is 0 Å². The van der Waals surface area contributed by atoms with Gasteiger partial charge in [-0.1, -0.05) is 0 Å². The number of H-pyrrole nitrogens is 1. The number of rotatable bonds is 0. The second-order valence-corrected chi connectivity index (χ2v) is 2.82. The maximum atomic E-state index is 5.72. The Balaban J connectivity index is 2.93. The van der Waals surface area contributed by atoms with Gasteiger partial charge in [0.2, 0.25) is 0 Å². The number of nitrogen functional groups attached to an aromatic ring is 1. The van der Waals surface area contributed by atoms with Crippen molar-refractivity contribution in [3.8, 4) is 0 Å². The molecular formula is C8H10N4. The zero-order chi connectivity index (χ0) is 8.72. The molecule has 0 bridgehead atoms. The molecule has 2 aromatic rings. The maximum Gasteiger partial charge on any atom is 0.143 e. The van der Waals surface area contributed by atoms with E-state index in [0.717, 1.165) is 22.6 Å². The standard InChI is InChI=1S/C8H10N4/c1-4-7-6(9)3-10-8(7)12-5(2)11-4/h3H,9H2,1-2H3,(H,10,11,12). The van der Waals surface area contributed by atoms with Crippen LogP contribution in [0.2, 0.25) is 0 Å². The smallest absolute Gasteiger partial charge is 0.143 e. The Hall–Kier alpha value is -1.58. The van der Waals surface area contributed by atoms with Gasteiger partial charge < -0.3 is 10.7 Å². The van der Waals surface area contributed by atoms with Gasteiger partial charge in [-0.2, -0.15) is 0 Å². The van der Waals surface area contributed by atoms with Gasteiger partial charge in [0.1, 0.15) is 11.5 Å². The summed E-state index contributed by atoms with van der Waals surface area (Å²) in [5.41, 5.74) is 8.17. The van der Waals surface area contributed by atoms with Crippen molar-refractivity contribution in [2.75, 3.05) is 5.73 Å². The van der Waals surface area contributed by atoms with Gasteiger partial charge >= 0.3 is 0 Å². The lowest BCUT2D eigenvalue weighted by molar-refractivity contribution is 1.04. The highest BCUT2D eigenvalue weighted by molar-refractivity contribution is 5.90. The quantitative estimate of drug-likeness (QED) is 0.610. The van der Waals surface area contributed by atoms with E-state index in [1.807, 2.05) is 13.8 Å². The van der Waals surface area contributed by atoms with Crippen molar-refractivity contribution in [2.45, 2.75) is 13.8 Å². The molecule has 3 N–H and O–H groups in total. The fraction of sp³-hybridized carbons (Fsp3) is 0.250. The molecule has 0 unspecified atom stereocenters. The molecule has 0 amide bonds. The van der Waals surface area contributed by atoms with Gasteiger partial charge in [-0.05, 0) is 13.8 Å². The third-order valence-corrected chi connectivity index (χ3v) is 1.85. The molecule has 0 fully saturated rings. The summed E-state index contributed by atoms with van der Waals surface area (Å²) in [6.07, 6.45) is 1.74. The van der Waals surface area contributed by atoms with Crippen molar-refractivity contribution in [3.05, 3.63) is 17.7 Å². The van der Waals surface area contributed by atoms with Gasteiger partial charge in [0.25, 0.3) is 0 Å². The molecule has 0 aliphatic carbocycles. The van der Waals surface area contributed by atoms with Crippen molar-refractivity contribution in [1.82, 2.24) is 15.0 Å². The third kappa shape index (κ3) is 0.845. The summed E-state index contributed by atoms with van der Waals surface area (Å²) in [5, 5.41) is 0.931. The number of aromatic amines is 1. The molecule has 2 heterocycles. The van der Waals surface area contributed by atoms with E-state index in [1.165, 1.54) is 0 Å². The van der Waals surface area contributed by atoms with E-state index < -0.39 is 0 Å². The van der Waals surface area contributed by atoms with Crippen molar-refractivity contribution in [2.24, 2.45) is 0 Å². The van der Waals surface area contributed by atoms with Crippen LogP contribution in [-0.2, 0) is 0 Å². The number of fused-ring (bicyclic) bond motifs is 1. The SMILES string of the molecule is Cc1nc(C)c2c(N)c[nH]c2n1. The molecule has 0 atom stereocenters. The minimum Gasteiger partial charge on any atom is -0.397 e. The van der Waals surface area contributed by atoms with Gasteiger partial charge in [0.15, 0.2) is 0 Å². The Bertz CT molecular complexity index is 430. The number of hydrogen-bond acceptors (Lipinski definition) is 3. The van der Waals surface area contributed by atoms with Crippen LogP contribution in [0.15, 0.2) is 6.20 Å². The molecule has 0 aliphatic heterocycles. The van der Waals surface area contributed by atoms with E-state index in [2.05, 4.69) is 15.0 Å². The summed E-state index contributed by atoms with van der Waals surface area (Å²) in [5.74, 6) is 0.766. The summed E-state index contributed by atoms with van der Waals surface area (Å²) >= 11 is 0. The molecular weight excluding hydrogens is 152 g/mol. The molecule has 0 spiro atoms. The summed E-state index contributed by atoms with van der Waals surface area (Å²) < 4.78 is 0. The number of aromatic nitrogens is 3. The summed E-state index contributed by atoms with van der Waals surface area (Å²) in [6, 6.07) is 0. The molecule has 0 saturated heterocycles. The first-order valence-electron chi connectivity index (χ1n) is 3.76. The monoisotopic (exact) mass is 162 g/mol. The zero-order valence-corrected chi connectivity index (χ0v) is 7.05. The molecule has 0 radical (unpaired) electrons. The lowest BCUT2D eigenvalue weighted by Crippen LogP contribution is -1.93. The highest BCUT2D eigenvalue weighted by Crippen LogP contribution is 2.20. The minimum atomic E-state index is 0.711. The Kier molecular flexibility index (Phi) is 1.30. The number of anilines is 1. The summed E-state index contributed by atoms with van der Waals surface area (Å²) in [6.45, 7) is 3.80. The topological polar surface area (TPSA) is 67.6 Å². The molecule has 0 aromatic carbocycles. The molecule has 2 rings (SSSR count). The van der Waals surface area contributed by atoms with Crippen LogP contribution in [0.4, 0.5) is 5.69 Å². The van der Waals surface area contributed by atoms with E-state index >= 15 is 0 Å². The van der Waals surface area contributed by atoms with Crippen LogP contribution in [0.25, 0.3) is 11.0 Å². The first-order chi connectivity index (χ1) is 5.68. The van der Waals surface area contributed by atoms with Crippen LogP contribution in [-0.4, -0.2) is 15.0 Å². The van der Waals surface area contributed by atoms with Crippen LogP contribution in [0, 0.1) is 13.8 Å². The van der Waals surface area contributed by atoms with Crippen LogP contribution < -0.4 is 5.73 Å². The van der Waals surface area contributed by atoms with Crippen molar-refractivity contribution in [1.29, 1.82) is 0 Å². The third-order valence-electron chi connectivity index (χ3n) is 1.85. The van der Waals surface area contributed by atoms with E-state index in [9.17, 15) is 0 Å². The van der Waals surface area contributed by atoms with Gasteiger partial charge in [-0.15, -0.1) is 0 Å². The lowest BCUT2D eigenvalue weighted by atomic mass is 10.3. The molecule has 62 valence electrons. The Morgan fingerprint density at radius 1 is 1.33 bits per heavy atom. The van der Waals surface area contributed by atoms with Gasteiger partial charge in [0, 0.05) is 6.20 Å². The fourth-order valence-corrected chi connectivity index (χ4v) is 1.38. The first-order valence-corrected chi connectivity index (χ1v) is 3.76. The maximum absolute atomic E-state index is 5.72.